The number of anilines is 1. The number of benzene rings is 1. The van der Waals surface area contributed by atoms with E-state index in [9.17, 15) is 4.39 Å². The average molecular weight is 325 g/mol. The molecule has 0 saturated carbocycles. The molecule has 1 aliphatic heterocycles. The fourth-order valence-corrected chi connectivity index (χ4v) is 2.93. The van der Waals surface area contributed by atoms with Crippen LogP contribution in [0, 0.1) is 24.1 Å². The first kappa shape index (κ1) is 16.3. The van der Waals surface area contributed by atoms with Crippen LogP contribution >= 0.6 is 0 Å². The standard InChI is InChI=1S/C18H20FN5/c1-13-4-7-18(23-22-13)24-8-2-3-16(12-24)21-11-15-6-5-14(10-20)9-17(15)19/h4-7,9,16,21H,2-3,8,11-12H2,1H3/t16-/m0/s1. The molecule has 2 aromatic rings. The van der Waals surface area contributed by atoms with Gasteiger partial charge in [0.05, 0.1) is 17.3 Å². The maximum absolute atomic E-state index is 14.0. The Balaban J connectivity index is 1.59. The van der Waals surface area contributed by atoms with E-state index in [1.165, 1.54) is 6.07 Å². The van der Waals surface area contributed by atoms with Crippen molar-refractivity contribution in [1.82, 2.24) is 15.5 Å². The summed E-state index contributed by atoms with van der Waals surface area (Å²) in [4.78, 5) is 2.21. The van der Waals surface area contributed by atoms with Crippen molar-refractivity contribution in [2.75, 3.05) is 18.0 Å². The third-order valence-corrected chi connectivity index (χ3v) is 4.29. The van der Waals surface area contributed by atoms with Gasteiger partial charge >= 0.3 is 0 Å². The molecule has 0 radical (unpaired) electrons. The molecule has 124 valence electrons. The Morgan fingerprint density at radius 3 is 2.92 bits per heavy atom. The van der Waals surface area contributed by atoms with Gasteiger partial charge in [-0.1, -0.05) is 6.07 Å². The second-order valence-corrected chi connectivity index (χ2v) is 6.12. The molecule has 2 heterocycles. The van der Waals surface area contributed by atoms with Gasteiger partial charge in [-0.3, -0.25) is 0 Å². The van der Waals surface area contributed by atoms with Gasteiger partial charge in [-0.25, -0.2) is 4.39 Å². The molecule has 6 heteroatoms. The van der Waals surface area contributed by atoms with E-state index < -0.39 is 0 Å². The van der Waals surface area contributed by atoms with Gasteiger partial charge in [0.15, 0.2) is 5.82 Å². The maximum Gasteiger partial charge on any atom is 0.151 e. The highest BCUT2D eigenvalue weighted by molar-refractivity contribution is 5.38. The van der Waals surface area contributed by atoms with Gasteiger partial charge in [-0.2, -0.15) is 10.4 Å². The summed E-state index contributed by atoms with van der Waals surface area (Å²) in [7, 11) is 0. The normalized spacial score (nSPS) is 17.5. The largest absolute Gasteiger partial charge is 0.354 e. The molecule has 1 fully saturated rings. The lowest BCUT2D eigenvalue weighted by Crippen LogP contribution is -2.46. The summed E-state index contributed by atoms with van der Waals surface area (Å²) in [6.45, 7) is 4.16. The van der Waals surface area contributed by atoms with Crippen LogP contribution < -0.4 is 10.2 Å². The van der Waals surface area contributed by atoms with Crippen LogP contribution in [0.4, 0.5) is 10.2 Å². The number of nitriles is 1. The minimum atomic E-state index is -0.335. The Bertz CT molecular complexity index is 738. The maximum atomic E-state index is 14.0. The van der Waals surface area contributed by atoms with Crippen molar-refractivity contribution in [3.63, 3.8) is 0 Å². The number of hydrogen-bond donors (Lipinski definition) is 1. The first-order chi connectivity index (χ1) is 11.7. The van der Waals surface area contributed by atoms with Crippen molar-refractivity contribution in [2.45, 2.75) is 32.4 Å². The predicted molar refractivity (Wildman–Crippen MR) is 90.0 cm³/mol. The monoisotopic (exact) mass is 325 g/mol. The molecule has 1 aliphatic rings. The minimum Gasteiger partial charge on any atom is -0.354 e. The van der Waals surface area contributed by atoms with Crippen molar-refractivity contribution in [1.29, 1.82) is 5.26 Å². The number of aryl methyl sites for hydroxylation is 1. The van der Waals surface area contributed by atoms with Crippen LogP contribution in [0.2, 0.25) is 0 Å². The van der Waals surface area contributed by atoms with E-state index in [2.05, 4.69) is 20.4 Å². The zero-order chi connectivity index (χ0) is 16.9. The number of nitrogens with zero attached hydrogens (tertiary/aromatic N) is 4. The molecule has 1 atom stereocenters. The van der Waals surface area contributed by atoms with Gasteiger partial charge < -0.3 is 10.2 Å². The van der Waals surface area contributed by atoms with Crippen LogP contribution in [0.25, 0.3) is 0 Å². The Kier molecular flexibility index (Phi) is 5.02. The fourth-order valence-electron chi connectivity index (χ4n) is 2.93. The molecule has 0 amide bonds. The van der Waals surface area contributed by atoms with Crippen molar-refractivity contribution in [3.05, 3.63) is 53.0 Å². The molecular formula is C18H20FN5. The number of piperidine rings is 1. The van der Waals surface area contributed by atoms with E-state index >= 15 is 0 Å². The summed E-state index contributed by atoms with van der Waals surface area (Å²) in [6.07, 6.45) is 2.11. The van der Waals surface area contributed by atoms with Crippen molar-refractivity contribution >= 4 is 5.82 Å². The first-order valence-corrected chi connectivity index (χ1v) is 8.13. The molecule has 1 aromatic heterocycles. The van der Waals surface area contributed by atoms with E-state index in [4.69, 9.17) is 5.26 Å². The van der Waals surface area contributed by atoms with Gasteiger partial charge in [0.25, 0.3) is 0 Å². The first-order valence-electron chi connectivity index (χ1n) is 8.13. The molecule has 1 saturated heterocycles. The van der Waals surface area contributed by atoms with Gasteiger partial charge in [-0.05, 0) is 44.0 Å². The van der Waals surface area contributed by atoms with E-state index in [0.717, 1.165) is 37.4 Å². The molecule has 0 spiro atoms. The number of hydrogen-bond acceptors (Lipinski definition) is 5. The van der Waals surface area contributed by atoms with Crippen LogP contribution in [0.5, 0.6) is 0 Å². The third kappa shape index (κ3) is 3.87. The van der Waals surface area contributed by atoms with Gasteiger partial charge in [0, 0.05) is 31.2 Å². The quantitative estimate of drug-likeness (QED) is 0.936. The smallest absolute Gasteiger partial charge is 0.151 e. The molecule has 0 aliphatic carbocycles. The summed E-state index contributed by atoms with van der Waals surface area (Å²) in [5, 5.41) is 20.6. The van der Waals surface area contributed by atoms with Crippen molar-refractivity contribution < 1.29 is 4.39 Å². The Hall–Kier alpha value is -2.52. The van der Waals surface area contributed by atoms with Crippen LogP contribution in [0.3, 0.4) is 0 Å². The number of rotatable bonds is 4. The lowest BCUT2D eigenvalue weighted by molar-refractivity contribution is 0.415. The van der Waals surface area contributed by atoms with Crippen LogP contribution in [0.15, 0.2) is 30.3 Å². The topological polar surface area (TPSA) is 64.8 Å². The van der Waals surface area contributed by atoms with Crippen LogP contribution in [-0.2, 0) is 6.54 Å². The van der Waals surface area contributed by atoms with Crippen molar-refractivity contribution in [2.24, 2.45) is 0 Å². The molecule has 0 bridgehead atoms. The summed E-state index contributed by atoms with van der Waals surface area (Å²) in [6, 6.07) is 10.8. The lowest BCUT2D eigenvalue weighted by Gasteiger charge is -2.33. The second kappa shape index (κ2) is 7.37. The van der Waals surface area contributed by atoms with E-state index in [1.807, 2.05) is 25.1 Å². The molecule has 5 nitrogen and oxygen atoms in total. The van der Waals surface area contributed by atoms with Gasteiger partial charge in [0.2, 0.25) is 0 Å². The zero-order valence-corrected chi connectivity index (χ0v) is 13.7. The summed E-state index contributed by atoms with van der Waals surface area (Å²) >= 11 is 0. The molecule has 1 aromatic carbocycles. The highest BCUT2D eigenvalue weighted by Gasteiger charge is 2.21. The molecule has 24 heavy (non-hydrogen) atoms. The van der Waals surface area contributed by atoms with Crippen LogP contribution in [0.1, 0.15) is 29.7 Å². The van der Waals surface area contributed by atoms with Gasteiger partial charge in [-0.15, -0.1) is 5.10 Å². The van der Waals surface area contributed by atoms with Gasteiger partial charge in [0.1, 0.15) is 5.82 Å². The summed E-state index contributed by atoms with van der Waals surface area (Å²) in [5.41, 5.74) is 1.83. The number of halogens is 1. The Labute approximate surface area is 141 Å². The molecule has 0 unspecified atom stereocenters. The minimum absolute atomic E-state index is 0.275. The molecule has 1 N–H and O–H groups in total. The molecular weight excluding hydrogens is 305 g/mol. The average Bonchev–Trinajstić information content (AvgIpc) is 2.61. The zero-order valence-electron chi connectivity index (χ0n) is 13.7. The Morgan fingerprint density at radius 1 is 1.33 bits per heavy atom. The summed E-state index contributed by atoms with van der Waals surface area (Å²) < 4.78 is 14.0. The number of nitrogens with one attached hydrogen (secondary N) is 1. The van der Waals surface area contributed by atoms with Crippen LogP contribution in [-0.4, -0.2) is 29.3 Å². The highest BCUT2D eigenvalue weighted by atomic mass is 19.1. The molecule has 3 rings (SSSR count). The highest BCUT2D eigenvalue weighted by Crippen LogP contribution is 2.18. The second-order valence-electron chi connectivity index (χ2n) is 6.12. The van der Waals surface area contributed by atoms with Crippen molar-refractivity contribution in [3.8, 4) is 6.07 Å². The predicted octanol–water partition coefficient (Wildman–Crippen LogP) is 2.55. The summed E-state index contributed by atoms with van der Waals surface area (Å²) in [5.74, 6) is 0.551. The third-order valence-electron chi connectivity index (χ3n) is 4.29. The van der Waals surface area contributed by atoms with E-state index in [-0.39, 0.29) is 11.9 Å². The number of aromatic nitrogens is 2. The SMILES string of the molecule is Cc1ccc(N2CCC[C@H](NCc3ccc(C#N)cc3F)C2)nn1. The lowest BCUT2D eigenvalue weighted by atomic mass is 10.0. The fraction of sp³-hybridized carbons (Fsp3) is 0.389. The van der Waals surface area contributed by atoms with E-state index in [1.54, 1.807) is 12.1 Å². The van der Waals surface area contributed by atoms with E-state index in [0.29, 0.717) is 17.7 Å². The Morgan fingerprint density at radius 2 is 2.21 bits per heavy atom.